The molecule has 26 heavy (non-hydrogen) atoms. The van der Waals surface area contributed by atoms with Gasteiger partial charge in [0.2, 0.25) is 0 Å². The van der Waals surface area contributed by atoms with Crippen molar-refractivity contribution in [2.75, 3.05) is 11.9 Å². The summed E-state index contributed by atoms with van der Waals surface area (Å²) in [6.07, 6.45) is 3.52. The topological polar surface area (TPSA) is 75.4 Å². The third-order valence-corrected chi connectivity index (χ3v) is 5.58. The first-order chi connectivity index (χ1) is 12.6. The van der Waals surface area contributed by atoms with Gasteiger partial charge in [0.15, 0.2) is 5.13 Å². The fourth-order valence-corrected chi connectivity index (χ4v) is 4.21. The number of thiazole rings is 1. The fourth-order valence-electron chi connectivity index (χ4n) is 2.79. The molecule has 0 unspecified atom stereocenters. The van der Waals surface area contributed by atoms with Crippen molar-refractivity contribution in [3.8, 4) is 0 Å². The van der Waals surface area contributed by atoms with E-state index in [0.717, 1.165) is 15.0 Å². The molecule has 8 heteroatoms. The van der Waals surface area contributed by atoms with E-state index in [1.54, 1.807) is 6.07 Å². The molecule has 0 saturated heterocycles. The van der Waals surface area contributed by atoms with Gasteiger partial charge < -0.3 is 9.32 Å². The second-order valence-electron chi connectivity index (χ2n) is 5.84. The SMILES string of the molecule is O=C(Nc1nc2c(s1)CN(C(=O)c1cccc(Br)c1)CC2)c1ccoc1. The number of hydrogen-bond donors (Lipinski definition) is 1. The Balaban J connectivity index is 1.48. The first kappa shape index (κ1) is 17.0. The predicted molar refractivity (Wildman–Crippen MR) is 101 cm³/mol. The minimum Gasteiger partial charge on any atom is -0.472 e. The number of hydrogen-bond acceptors (Lipinski definition) is 5. The van der Waals surface area contributed by atoms with E-state index < -0.39 is 0 Å². The number of nitrogens with zero attached hydrogens (tertiary/aromatic N) is 2. The number of carbonyl (C=O) groups is 2. The molecule has 0 fully saturated rings. The van der Waals surface area contributed by atoms with Crippen molar-refractivity contribution in [3.05, 3.63) is 69.0 Å². The van der Waals surface area contributed by atoms with Crippen LogP contribution in [-0.2, 0) is 13.0 Å². The number of nitrogens with one attached hydrogen (secondary N) is 1. The fraction of sp³-hybridized carbons (Fsp3) is 0.167. The Morgan fingerprint density at radius 3 is 2.92 bits per heavy atom. The number of rotatable bonds is 3. The molecule has 6 nitrogen and oxygen atoms in total. The summed E-state index contributed by atoms with van der Waals surface area (Å²) in [6.45, 7) is 1.11. The monoisotopic (exact) mass is 431 g/mol. The number of benzene rings is 1. The van der Waals surface area contributed by atoms with Gasteiger partial charge in [0.25, 0.3) is 11.8 Å². The summed E-state index contributed by atoms with van der Waals surface area (Å²) in [6, 6.07) is 8.97. The maximum absolute atomic E-state index is 12.7. The molecule has 4 rings (SSSR count). The predicted octanol–water partition coefficient (Wildman–Crippen LogP) is 3.95. The summed E-state index contributed by atoms with van der Waals surface area (Å²) < 4.78 is 5.80. The van der Waals surface area contributed by atoms with Crippen LogP contribution >= 0.6 is 27.3 Å². The van der Waals surface area contributed by atoms with Crippen LogP contribution in [-0.4, -0.2) is 28.2 Å². The quantitative estimate of drug-likeness (QED) is 0.680. The van der Waals surface area contributed by atoms with Crippen LogP contribution < -0.4 is 5.32 Å². The summed E-state index contributed by atoms with van der Waals surface area (Å²) in [5.41, 5.74) is 2.04. The second kappa shape index (κ2) is 7.05. The molecule has 1 aromatic carbocycles. The van der Waals surface area contributed by atoms with Gasteiger partial charge in [-0.3, -0.25) is 14.9 Å². The smallest absolute Gasteiger partial charge is 0.260 e. The van der Waals surface area contributed by atoms with Crippen LogP contribution in [0, 0.1) is 0 Å². The van der Waals surface area contributed by atoms with Gasteiger partial charge in [0.05, 0.1) is 24.1 Å². The molecular formula is C18H14BrN3O3S. The lowest BCUT2D eigenvalue weighted by atomic mass is 10.1. The van der Waals surface area contributed by atoms with Crippen molar-refractivity contribution in [1.29, 1.82) is 0 Å². The Morgan fingerprint density at radius 1 is 1.27 bits per heavy atom. The Bertz CT molecular complexity index is 968. The Labute approximate surface area is 162 Å². The van der Waals surface area contributed by atoms with Crippen molar-refractivity contribution >= 4 is 44.2 Å². The molecule has 2 aromatic heterocycles. The van der Waals surface area contributed by atoms with Gasteiger partial charge in [-0.15, -0.1) is 0 Å². The first-order valence-corrected chi connectivity index (χ1v) is 9.58. The molecule has 0 spiro atoms. The molecule has 0 aliphatic carbocycles. The molecule has 132 valence electrons. The number of halogens is 1. The van der Waals surface area contributed by atoms with Crippen LogP contribution in [0.4, 0.5) is 5.13 Å². The molecule has 3 heterocycles. The van der Waals surface area contributed by atoms with Crippen molar-refractivity contribution in [1.82, 2.24) is 9.88 Å². The normalized spacial score (nSPS) is 13.3. The minimum atomic E-state index is -0.257. The Hall–Kier alpha value is -2.45. The van der Waals surface area contributed by atoms with E-state index in [1.165, 1.54) is 23.9 Å². The molecule has 2 amide bonds. The highest BCUT2D eigenvalue weighted by molar-refractivity contribution is 9.10. The van der Waals surface area contributed by atoms with E-state index in [0.29, 0.717) is 35.8 Å². The van der Waals surface area contributed by atoms with Crippen LogP contribution in [0.5, 0.6) is 0 Å². The molecule has 1 aliphatic rings. The van der Waals surface area contributed by atoms with Crippen LogP contribution in [0.25, 0.3) is 0 Å². The van der Waals surface area contributed by atoms with Gasteiger partial charge in [-0.05, 0) is 24.3 Å². The molecule has 0 radical (unpaired) electrons. The van der Waals surface area contributed by atoms with Gasteiger partial charge in [-0.2, -0.15) is 0 Å². The maximum Gasteiger partial charge on any atom is 0.260 e. The maximum atomic E-state index is 12.7. The molecular weight excluding hydrogens is 418 g/mol. The van der Waals surface area contributed by atoms with E-state index in [2.05, 4.69) is 26.2 Å². The highest BCUT2D eigenvalue weighted by Crippen LogP contribution is 2.29. The highest BCUT2D eigenvalue weighted by atomic mass is 79.9. The van der Waals surface area contributed by atoms with Crippen LogP contribution in [0.15, 0.2) is 51.7 Å². The number of fused-ring (bicyclic) bond motifs is 1. The van der Waals surface area contributed by atoms with E-state index in [9.17, 15) is 9.59 Å². The Kier molecular flexibility index (Phi) is 4.60. The zero-order valence-corrected chi connectivity index (χ0v) is 16.0. The van der Waals surface area contributed by atoms with Crippen molar-refractivity contribution in [3.63, 3.8) is 0 Å². The molecule has 1 aliphatic heterocycles. The summed E-state index contributed by atoms with van der Waals surface area (Å²) in [5.74, 6) is -0.263. The van der Waals surface area contributed by atoms with Crippen LogP contribution in [0.3, 0.4) is 0 Å². The average molecular weight is 432 g/mol. The number of aromatic nitrogens is 1. The van der Waals surface area contributed by atoms with E-state index in [-0.39, 0.29) is 11.8 Å². The lowest BCUT2D eigenvalue weighted by Gasteiger charge is -2.26. The van der Waals surface area contributed by atoms with E-state index in [1.807, 2.05) is 29.2 Å². The number of carbonyl (C=O) groups excluding carboxylic acids is 2. The van der Waals surface area contributed by atoms with Gasteiger partial charge in [-0.25, -0.2) is 4.98 Å². The van der Waals surface area contributed by atoms with Crippen molar-refractivity contribution < 1.29 is 14.0 Å². The molecule has 1 N–H and O–H groups in total. The largest absolute Gasteiger partial charge is 0.472 e. The van der Waals surface area contributed by atoms with Crippen molar-refractivity contribution in [2.24, 2.45) is 0 Å². The summed E-state index contributed by atoms with van der Waals surface area (Å²) in [7, 11) is 0. The first-order valence-electron chi connectivity index (χ1n) is 7.97. The second-order valence-corrected chi connectivity index (χ2v) is 7.84. The number of anilines is 1. The lowest BCUT2D eigenvalue weighted by molar-refractivity contribution is 0.0736. The average Bonchev–Trinajstić information content (AvgIpc) is 3.29. The van der Waals surface area contributed by atoms with Crippen LogP contribution in [0.1, 0.15) is 31.3 Å². The molecule has 0 saturated carbocycles. The Morgan fingerprint density at radius 2 is 2.15 bits per heavy atom. The zero-order chi connectivity index (χ0) is 18.1. The number of furan rings is 1. The summed E-state index contributed by atoms with van der Waals surface area (Å²) in [5, 5.41) is 3.32. The molecule has 3 aromatic rings. The highest BCUT2D eigenvalue weighted by Gasteiger charge is 2.25. The third-order valence-electron chi connectivity index (χ3n) is 4.09. The van der Waals surface area contributed by atoms with E-state index in [4.69, 9.17) is 4.42 Å². The third kappa shape index (κ3) is 3.42. The van der Waals surface area contributed by atoms with Crippen molar-refractivity contribution in [2.45, 2.75) is 13.0 Å². The van der Waals surface area contributed by atoms with E-state index >= 15 is 0 Å². The summed E-state index contributed by atoms with van der Waals surface area (Å²) in [4.78, 5) is 32.1. The molecule has 0 bridgehead atoms. The van der Waals surface area contributed by atoms with Gasteiger partial charge in [0.1, 0.15) is 6.26 Å². The minimum absolute atomic E-state index is 0.00525. The van der Waals surface area contributed by atoms with Crippen LogP contribution in [0.2, 0.25) is 0 Å². The standard InChI is InChI=1S/C18H14BrN3O3S/c19-13-3-1-2-11(8-13)17(24)22-6-4-14-15(9-22)26-18(20-14)21-16(23)12-5-7-25-10-12/h1-3,5,7-8,10H,4,6,9H2,(H,20,21,23). The lowest BCUT2D eigenvalue weighted by Crippen LogP contribution is -2.35. The number of amides is 2. The molecule has 0 atom stereocenters. The zero-order valence-electron chi connectivity index (χ0n) is 13.6. The van der Waals surface area contributed by atoms with Gasteiger partial charge in [-0.1, -0.05) is 33.3 Å². The van der Waals surface area contributed by atoms with Gasteiger partial charge >= 0.3 is 0 Å². The summed E-state index contributed by atoms with van der Waals surface area (Å²) >= 11 is 4.80. The van der Waals surface area contributed by atoms with Gasteiger partial charge in [0, 0.05) is 27.9 Å².